The molecule has 13 heavy (non-hydrogen) atoms. The molecule has 3 heteroatoms. The van der Waals surface area contributed by atoms with E-state index in [4.69, 9.17) is 5.11 Å². The zero-order chi connectivity index (χ0) is 9.26. The van der Waals surface area contributed by atoms with Crippen molar-refractivity contribution in [2.45, 2.75) is 6.42 Å². The van der Waals surface area contributed by atoms with Crippen LogP contribution in [-0.2, 0) is 11.2 Å². The van der Waals surface area contributed by atoms with Crippen LogP contribution in [0.25, 0.3) is 0 Å². The lowest BCUT2D eigenvalue weighted by Gasteiger charge is -2.17. The molecule has 0 aromatic heterocycles. The number of amides is 1. The minimum absolute atomic E-state index is 0.221. The topological polar surface area (TPSA) is 49.3 Å². The highest BCUT2D eigenvalue weighted by Gasteiger charge is 2.18. The molecule has 1 amide bonds. The summed E-state index contributed by atoms with van der Waals surface area (Å²) in [5.74, 6) is -0.221. The van der Waals surface area contributed by atoms with E-state index in [-0.39, 0.29) is 5.91 Å². The van der Waals surface area contributed by atoms with E-state index in [0.717, 1.165) is 17.5 Å². The third kappa shape index (κ3) is 1.28. The number of rotatable bonds is 0. The molecule has 0 saturated carbocycles. The molecule has 2 N–H and O–H groups in total. The predicted molar refractivity (Wildman–Crippen MR) is 49.5 cm³/mol. The van der Waals surface area contributed by atoms with Crippen molar-refractivity contribution in [3.05, 3.63) is 41.7 Å². The lowest BCUT2D eigenvalue weighted by molar-refractivity contribution is -0.113. The molecule has 0 saturated heterocycles. The summed E-state index contributed by atoms with van der Waals surface area (Å²) < 4.78 is 0. The Morgan fingerprint density at radius 1 is 1.38 bits per heavy atom. The maximum Gasteiger partial charge on any atom is 0.255 e. The third-order valence-corrected chi connectivity index (χ3v) is 2.09. The van der Waals surface area contributed by atoms with Crippen LogP contribution in [0.3, 0.4) is 0 Å². The number of aliphatic hydroxyl groups is 1. The van der Waals surface area contributed by atoms with Gasteiger partial charge in [-0.2, -0.15) is 0 Å². The first-order chi connectivity index (χ1) is 6.31. The van der Waals surface area contributed by atoms with Crippen LogP contribution >= 0.6 is 0 Å². The molecule has 1 aliphatic heterocycles. The van der Waals surface area contributed by atoms with Gasteiger partial charge in [0.15, 0.2) is 0 Å². The van der Waals surface area contributed by atoms with Gasteiger partial charge in [0.1, 0.15) is 0 Å². The van der Waals surface area contributed by atoms with Crippen molar-refractivity contribution >= 4 is 11.6 Å². The summed E-state index contributed by atoms with van der Waals surface area (Å²) in [5, 5.41) is 11.5. The maximum atomic E-state index is 11.2. The molecule has 0 unspecified atom stereocenters. The molecule has 3 nitrogen and oxygen atoms in total. The molecule has 0 atom stereocenters. The average Bonchev–Trinajstić information content (AvgIpc) is 2.17. The second-order valence-electron chi connectivity index (χ2n) is 2.94. The first kappa shape index (κ1) is 7.86. The maximum absolute atomic E-state index is 11.2. The number of hydrogen-bond donors (Lipinski definition) is 2. The summed E-state index contributed by atoms with van der Waals surface area (Å²) in [5.41, 5.74) is 2.26. The van der Waals surface area contributed by atoms with E-state index in [0.29, 0.717) is 12.0 Å². The van der Waals surface area contributed by atoms with Crippen LogP contribution in [0.1, 0.15) is 5.56 Å². The first-order valence-electron chi connectivity index (χ1n) is 4.04. The number of nitrogens with one attached hydrogen (secondary N) is 1. The first-order valence-corrected chi connectivity index (χ1v) is 4.04. The molecule has 0 radical (unpaired) electrons. The van der Waals surface area contributed by atoms with Gasteiger partial charge in [0.05, 0.1) is 11.8 Å². The molecule has 2 rings (SSSR count). The molecule has 0 aliphatic carbocycles. The molecule has 0 fully saturated rings. The Kier molecular flexibility index (Phi) is 1.77. The van der Waals surface area contributed by atoms with E-state index in [1.54, 1.807) is 0 Å². The molecule has 1 heterocycles. The summed E-state index contributed by atoms with van der Waals surface area (Å²) in [7, 11) is 0. The van der Waals surface area contributed by atoms with Gasteiger partial charge < -0.3 is 10.4 Å². The van der Waals surface area contributed by atoms with Crippen LogP contribution in [-0.4, -0.2) is 11.0 Å². The normalized spacial score (nSPS) is 18.2. The SMILES string of the molecule is O=C1Nc2ccccc2C/C1=C\O. The summed E-state index contributed by atoms with van der Waals surface area (Å²) in [4.78, 5) is 11.2. The van der Waals surface area contributed by atoms with Crippen molar-refractivity contribution in [2.75, 3.05) is 5.32 Å². The standard InChI is InChI=1S/C10H9NO2/c12-6-8-5-7-3-1-2-4-9(7)11-10(8)13/h1-4,6,12H,5H2,(H,11,13)/b8-6+. The van der Waals surface area contributed by atoms with Crippen molar-refractivity contribution in [1.29, 1.82) is 0 Å². The zero-order valence-corrected chi connectivity index (χ0v) is 6.95. The monoisotopic (exact) mass is 175 g/mol. The second kappa shape index (κ2) is 2.94. The van der Waals surface area contributed by atoms with Crippen LogP contribution in [0.15, 0.2) is 36.1 Å². The van der Waals surface area contributed by atoms with Gasteiger partial charge in [0.2, 0.25) is 0 Å². The second-order valence-corrected chi connectivity index (χ2v) is 2.94. The summed E-state index contributed by atoms with van der Waals surface area (Å²) >= 11 is 0. The number of anilines is 1. The van der Waals surface area contributed by atoms with Crippen molar-refractivity contribution in [1.82, 2.24) is 0 Å². The van der Waals surface area contributed by atoms with Crippen molar-refractivity contribution in [3.63, 3.8) is 0 Å². The van der Waals surface area contributed by atoms with E-state index in [1.807, 2.05) is 24.3 Å². The fraction of sp³-hybridized carbons (Fsp3) is 0.100. The number of carbonyl (C=O) groups excluding carboxylic acids is 1. The van der Waals surface area contributed by atoms with Crippen LogP contribution in [0.2, 0.25) is 0 Å². The molecule has 1 aromatic rings. The van der Waals surface area contributed by atoms with Gasteiger partial charge in [-0.1, -0.05) is 18.2 Å². The lowest BCUT2D eigenvalue weighted by atomic mass is 10.00. The highest BCUT2D eigenvalue weighted by Crippen LogP contribution is 2.23. The van der Waals surface area contributed by atoms with Gasteiger partial charge in [0, 0.05) is 12.1 Å². The Bertz CT molecular complexity index is 382. The molecule has 0 spiro atoms. The number of para-hydroxylation sites is 1. The van der Waals surface area contributed by atoms with E-state index in [2.05, 4.69) is 5.32 Å². The summed E-state index contributed by atoms with van der Waals surface area (Å²) in [6.45, 7) is 0. The smallest absolute Gasteiger partial charge is 0.255 e. The Morgan fingerprint density at radius 2 is 2.15 bits per heavy atom. The predicted octanol–water partition coefficient (Wildman–Crippen LogP) is 1.62. The number of fused-ring (bicyclic) bond motifs is 1. The van der Waals surface area contributed by atoms with Crippen molar-refractivity contribution in [2.24, 2.45) is 0 Å². The van der Waals surface area contributed by atoms with Gasteiger partial charge >= 0.3 is 0 Å². The summed E-state index contributed by atoms with van der Waals surface area (Å²) in [6, 6.07) is 7.55. The Labute approximate surface area is 75.7 Å². The van der Waals surface area contributed by atoms with Crippen molar-refractivity contribution < 1.29 is 9.90 Å². The van der Waals surface area contributed by atoms with Gasteiger partial charge in [-0.05, 0) is 11.6 Å². The van der Waals surface area contributed by atoms with Gasteiger partial charge in [-0.25, -0.2) is 0 Å². The number of benzene rings is 1. The third-order valence-electron chi connectivity index (χ3n) is 2.09. The highest BCUT2D eigenvalue weighted by molar-refractivity contribution is 6.06. The largest absolute Gasteiger partial charge is 0.515 e. The fourth-order valence-corrected chi connectivity index (χ4v) is 1.39. The average molecular weight is 175 g/mol. The summed E-state index contributed by atoms with van der Waals surface area (Å²) in [6.07, 6.45) is 1.36. The zero-order valence-electron chi connectivity index (χ0n) is 6.95. The van der Waals surface area contributed by atoms with Gasteiger partial charge in [-0.15, -0.1) is 0 Å². The molecule has 0 bridgehead atoms. The molecule has 1 aliphatic rings. The van der Waals surface area contributed by atoms with Gasteiger partial charge in [0.25, 0.3) is 5.91 Å². The Morgan fingerprint density at radius 3 is 2.92 bits per heavy atom. The number of aliphatic hydroxyl groups excluding tert-OH is 1. The van der Waals surface area contributed by atoms with E-state index >= 15 is 0 Å². The molecule has 66 valence electrons. The van der Waals surface area contributed by atoms with Crippen LogP contribution < -0.4 is 5.32 Å². The molecule has 1 aromatic carbocycles. The molecular weight excluding hydrogens is 166 g/mol. The lowest BCUT2D eigenvalue weighted by Crippen LogP contribution is -2.22. The van der Waals surface area contributed by atoms with E-state index < -0.39 is 0 Å². The van der Waals surface area contributed by atoms with E-state index in [9.17, 15) is 4.79 Å². The number of carbonyl (C=O) groups is 1. The quantitative estimate of drug-likeness (QED) is 0.465. The molecular formula is C10H9NO2. The number of hydrogen-bond acceptors (Lipinski definition) is 2. The highest BCUT2D eigenvalue weighted by atomic mass is 16.2. The van der Waals surface area contributed by atoms with Crippen molar-refractivity contribution in [3.8, 4) is 0 Å². The van der Waals surface area contributed by atoms with E-state index in [1.165, 1.54) is 0 Å². The Balaban J connectivity index is 2.44. The minimum atomic E-state index is -0.221. The van der Waals surface area contributed by atoms with Crippen LogP contribution in [0.4, 0.5) is 5.69 Å². The van der Waals surface area contributed by atoms with Gasteiger partial charge in [-0.3, -0.25) is 4.79 Å². The fourth-order valence-electron chi connectivity index (χ4n) is 1.39. The Hall–Kier alpha value is -1.77. The van der Waals surface area contributed by atoms with Crippen LogP contribution in [0.5, 0.6) is 0 Å². The van der Waals surface area contributed by atoms with Crippen LogP contribution in [0, 0.1) is 0 Å². The minimum Gasteiger partial charge on any atom is -0.515 e.